The Morgan fingerprint density at radius 1 is 1.39 bits per heavy atom. The second kappa shape index (κ2) is 7.92. The van der Waals surface area contributed by atoms with Crippen LogP contribution in [0, 0.1) is 5.92 Å². The van der Waals surface area contributed by atoms with E-state index in [0.717, 1.165) is 19.3 Å². The largest absolute Gasteiger partial charge is 0.453 e. The highest BCUT2D eigenvalue weighted by Gasteiger charge is 2.28. The predicted molar refractivity (Wildman–Crippen MR) is 66.2 cm³/mol. The van der Waals surface area contributed by atoms with Crippen molar-refractivity contribution in [3.05, 3.63) is 0 Å². The molecule has 18 heavy (non-hydrogen) atoms. The first-order valence-electron chi connectivity index (χ1n) is 6.28. The molecule has 1 aliphatic heterocycles. The summed E-state index contributed by atoms with van der Waals surface area (Å²) >= 11 is 0. The van der Waals surface area contributed by atoms with E-state index in [0.29, 0.717) is 26.2 Å². The SMILES string of the molecule is COCCCNC(=O)C1CCCN(C(=O)OC)C1. The second-order valence-electron chi connectivity index (χ2n) is 4.39. The normalized spacial score (nSPS) is 19.4. The van der Waals surface area contributed by atoms with Gasteiger partial charge < -0.3 is 19.7 Å². The molecule has 0 spiro atoms. The van der Waals surface area contributed by atoms with Gasteiger partial charge in [-0.2, -0.15) is 0 Å². The van der Waals surface area contributed by atoms with Gasteiger partial charge in [0.1, 0.15) is 0 Å². The Kier molecular flexibility index (Phi) is 6.49. The van der Waals surface area contributed by atoms with E-state index in [2.05, 4.69) is 10.1 Å². The van der Waals surface area contributed by atoms with E-state index < -0.39 is 0 Å². The molecule has 1 unspecified atom stereocenters. The summed E-state index contributed by atoms with van der Waals surface area (Å²) < 4.78 is 9.58. The molecule has 0 aliphatic carbocycles. The number of methoxy groups -OCH3 is 2. The number of nitrogens with one attached hydrogen (secondary N) is 1. The van der Waals surface area contributed by atoms with Gasteiger partial charge in [-0.25, -0.2) is 4.79 Å². The number of likely N-dealkylation sites (tertiary alicyclic amines) is 1. The molecule has 1 saturated heterocycles. The van der Waals surface area contributed by atoms with Gasteiger partial charge in [-0.15, -0.1) is 0 Å². The van der Waals surface area contributed by atoms with Crippen LogP contribution in [0.2, 0.25) is 0 Å². The Balaban J connectivity index is 2.31. The van der Waals surface area contributed by atoms with E-state index in [1.165, 1.54) is 7.11 Å². The molecule has 2 amide bonds. The van der Waals surface area contributed by atoms with Gasteiger partial charge in [-0.3, -0.25) is 4.79 Å². The van der Waals surface area contributed by atoms with Crippen LogP contribution in [-0.2, 0) is 14.3 Å². The average molecular weight is 258 g/mol. The molecular formula is C12H22N2O4. The smallest absolute Gasteiger partial charge is 0.409 e. The number of rotatable bonds is 5. The maximum Gasteiger partial charge on any atom is 0.409 e. The number of piperidine rings is 1. The molecule has 0 aromatic carbocycles. The molecule has 0 aromatic rings. The van der Waals surface area contributed by atoms with Crippen molar-refractivity contribution in [3.63, 3.8) is 0 Å². The third-order valence-electron chi connectivity index (χ3n) is 3.05. The van der Waals surface area contributed by atoms with Crippen LogP contribution >= 0.6 is 0 Å². The molecule has 0 bridgehead atoms. The monoisotopic (exact) mass is 258 g/mol. The number of hydrogen-bond donors (Lipinski definition) is 1. The van der Waals surface area contributed by atoms with E-state index in [9.17, 15) is 9.59 Å². The van der Waals surface area contributed by atoms with Gasteiger partial charge in [-0.05, 0) is 19.3 Å². The van der Waals surface area contributed by atoms with Crippen molar-refractivity contribution in [1.29, 1.82) is 0 Å². The van der Waals surface area contributed by atoms with Crippen molar-refractivity contribution < 1.29 is 19.1 Å². The quantitative estimate of drug-likeness (QED) is 0.734. The zero-order chi connectivity index (χ0) is 13.4. The molecule has 0 aromatic heterocycles. The fourth-order valence-electron chi connectivity index (χ4n) is 2.06. The summed E-state index contributed by atoms with van der Waals surface area (Å²) in [5.41, 5.74) is 0. The summed E-state index contributed by atoms with van der Waals surface area (Å²) in [5.74, 6) is -0.111. The summed E-state index contributed by atoms with van der Waals surface area (Å²) in [6.45, 7) is 2.36. The van der Waals surface area contributed by atoms with Crippen molar-refractivity contribution in [1.82, 2.24) is 10.2 Å². The lowest BCUT2D eigenvalue weighted by molar-refractivity contribution is -0.126. The Morgan fingerprint density at radius 2 is 2.17 bits per heavy atom. The number of amides is 2. The maximum atomic E-state index is 11.9. The summed E-state index contributed by atoms with van der Waals surface area (Å²) in [7, 11) is 2.99. The number of nitrogens with zero attached hydrogens (tertiary/aromatic N) is 1. The lowest BCUT2D eigenvalue weighted by Crippen LogP contribution is -2.45. The first-order valence-corrected chi connectivity index (χ1v) is 6.28. The minimum atomic E-state index is -0.355. The van der Waals surface area contributed by atoms with Gasteiger partial charge in [0.25, 0.3) is 0 Å². The Labute approximate surface area is 108 Å². The first-order chi connectivity index (χ1) is 8.69. The molecular weight excluding hydrogens is 236 g/mol. The van der Waals surface area contributed by atoms with Crippen LogP contribution in [0.15, 0.2) is 0 Å². The van der Waals surface area contributed by atoms with Crippen LogP contribution in [-0.4, -0.2) is 57.4 Å². The van der Waals surface area contributed by atoms with Crippen LogP contribution in [0.5, 0.6) is 0 Å². The standard InChI is InChI=1S/C12H22N2O4/c1-17-8-4-6-13-11(15)10-5-3-7-14(9-10)12(16)18-2/h10H,3-9H2,1-2H3,(H,13,15). The fraction of sp³-hybridized carbons (Fsp3) is 0.833. The third kappa shape index (κ3) is 4.52. The minimum Gasteiger partial charge on any atom is -0.453 e. The molecule has 1 fully saturated rings. The van der Waals surface area contributed by atoms with Crippen LogP contribution in [0.3, 0.4) is 0 Å². The number of ether oxygens (including phenoxy) is 2. The highest BCUT2D eigenvalue weighted by Crippen LogP contribution is 2.17. The topological polar surface area (TPSA) is 67.9 Å². The summed E-state index contributed by atoms with van der Waals surface area (Å²) in [6, 6.07) is 0. The number of carbonyl (C=O) groups is 2. The van der Waals surface area contributed by atoms with Gasteiger partial charge in [-0.1, -0.05) is 0 Å². The Hall–Kier alpha value is -1.30. The molecule has 0 radical (unpaired) electrons. The van der Waals surface area contributed by atoms with E-state index in [1.807, 2.05) is 0 Å². The molecule has 1 heterocycles. The second-order valence-corrected chi connectivity index (χ2v) is 4.39. The van der Waals surface area contributed by atoms with Gasteiger partial charge in [0, 0.05) is 33.4 Å². The van der Waals surface area contributed by atoms with Crippen LogP contribution in [0.1, 0.15) is 19.3 Å². The van der Waals surface area contributed by atoms with Crippen LogP contribution in [0.4, 0.5) is 4.79 Å². The average Bonchev–Trinajstić information content (AvgIpc) is 2.42. The predicted octanol–water partition coefficient (Wildman–Crippen LogP) is 0.617. The molecule has 6 heteroatoms. The van der Waals surface area contributed by atoms with Crippen LogP contribution in [0.25, 0.3) is 0 Å². The van der Waals surface area contributed by atoms with E-state index in [4.69, 9.17) is 4.74 Å². The van der Waals surface area contributed by atoms with Crippen molar-refractivity contribution >= 4 is 12.0 Å². The molecule has 0 saturated carbocycles. The van der Waals surface area contributed by atoms with Crippen LogP contribution < -0.4 is 5.32 Å². The van der Waals surface area contributed by atoms with Gasteiger partial charge in [0.15, 0.2) is 0 Å². The van der Waals surface area contributed by atoms with Crippen molar-refractivity contribution in [2.75, 3.05) is 40.5 Å². The molecule has 6 nitrogen and oxygen atoms in total. The summed E-state index contributed by atoms with van der Waals surface area (Å²) in [6.07, 6.45) is 2.11. The molecule has 1 atom stereocenters. The highest BCUT2D eigenvalue weighted by atomic mass is 16.5. The summed E-state index contributed by atoms with van der Waals surface area (Å²) in [4.78, 5) is 24.9. The lowest BCUT2D eigenvalue weighted by atomic mass is 9.97. The third-order valence-corrected chi connectivity index (χ3v) is 3.05. The molecule has 1 N–H and O–H groups in total. The zero-order valence-corrected chi connectivity index (χ0v) is 11.1. The lowest BCUT2D eigenvalue weighted by Gasteiger charge is -2.30. The van der Waals surface area contributed by atoms with E-state index >= 15 is 0 Å². The first kappa shape index (κ1) is 14.8. The molecule has 104 valence electrons. The molecule has 1 aliphatic rings. The minimum absolute atomic E-state index is 0.0136. The van der Waals surface area contributed by atoms with E-state index in [-0.39, 0.29) is 17.9 Å². The zero-order valence-electron chi connectivity index (χ0n) is 11.1. The molecule has 1 rings (SSSR count). The fourth-order valence-corrected chi connectivity index (χ4v) is 2.06. The Bertz CT molecular complexity index is 283. The summed E-state index contributed by atoms with van der Waals surface area (Å²) in [5, 5.41) is 2.87. The highest BCUT2D eigenvalue weighted by molar-refractivity contribution is 5.79. The van der Waals surface area contributed by atoms with Gasteiger partial charge in [0.05, 0.1) is 13.0 Å². The maximum absolute atomic E-state index is 11.9. The van der Waals surface area contributed by atoms with Gasteiger partial charge in [0.2, 0.25) is 5.91 Å². The van der Waals surface area contributed by atoms with Gasteiger partial charge >= 0.3 is 6.09 Å². The number of carbonyl (C=O) groups excluding carboxylic acids is 2. The van der Waals surface area contributed by atoms with Crippen molar-refractivity contribution in [3.8, 4) is 0 Å². The Morgan fingerprint density at radius 3 is 2.83 bits per heavy atom. The number of hydrogen-bond acceptors (Lipinski definition) is 4. The van der Waals surface area contributed by atoms with E-state index in [1.54, 1.807) is 12.0 Å². The van der Waals surface area contributed by atoms with Crippen molar-refractivity contribution in [2.24, 2.45) is 5.92 Å². The van der Waals surface area contributed by atoms with Crippen molar-refractivity contribution in [2.45, 2.75) is 19.3 Å².